The van der Waals surface area contributed by atoms with Crippen molar-refractivity contribution in [2.45, 2.75) is 12.8 Å². The summed E-state index contributed by atoms with van der Waals surface area (Å²) in [4.78, 5) is 20.7. The number of Topliss-reactive ketones (excluding diaryl/α,β-unsaturated/α-hetero) is 1. The first-order valence-electron chi connectivity index (χ1n) is 3.98. The van der Waals surface area contributed by atoms with Crippen molar-refractivity contribution in [1.82, 2.24) is 0 Å². The maximum Gasteiger partial charge on any atom is 1.00 e. The Morgan fingerprint density at radius 1 is 1.14 bits per heavy atom. The van der Waals surface area contributed by atoms with Crippen molar-refractivity contribution in [3.8, 4) is 0 Å². The van der Waals surface area contributed by atoms with E-state index in [1.54, 1.807) is 0 Å². The SMILES string of the molecule is O=C([O-])C(=O)CCc1ccccc1.[Na+]. The third kappa shape index (κ3) is 4.56. The summed E-state index contributed by atoms with van der Waals surface area (Å²) < 4.78 is 0. The zero-order chi connectivity index (χ0) is 9.68. The molecule has 1 aromatic carbocycles. The van der Waals surface area contributed by atoms with Crippen LogP contribution in [0.4, 0.5) is 0 Å². The first-order valence-corrected chi connectivity index (χ1v) is 3.98. The molecule has 0 aromatic heterocycles. The van der Waals surface area contributed by atoms with Gasteiger partial charge in [0.2, 0.25) is 0 Å². The maximum absolute atomic E-state index is 10.7. The Bertz CT molecular complexity index is 308. The number of aliphatic carboxylic acids is 1. The molecule has 1 aromatic rings. The van der Waals surface area contributed by atoms with E-state index in [1.165, 1.54) is 0 Å². The van der Waals surface area contributed by atoms with Gasteiger partial charge in [0.05, 0.1) is 0 Å². The Morgan fingerprint density at radius 2 is 1.71 bits per heavy atom. The second-order valence-corrected chi connectivity index (χ2v) is 2.70. The van der Waals surface area contributed by atoms with Gasteiger partial charge in [-0.1, -0.05) is 30.3 Å². The van der Waals surface area contributed by atoms with E-state index in [0.29, 0.717) is 6.42 Å². The Hall–Kier alpha value is -0.640. The van der Waals surface area contributed by atoms with E-state index >= 15 is 0 Å². The predicted molar refractivity (Wildman–Crippen MR) is 44.8 cm³/mol. The Labute approximate surface area is 104 Å². The van der Waals surface area contributed by atoms with E-state index in [2.05, 4.69) is 0 Å². The number of benzene rings is 1. The zero-order valence-corrected chi connectivity index (χ0v) is 10.0. The molecular weight excluding hydrogens is 191 g/mol. The standard InChI is InChI=1S/C10H10O3.Na/c11-9(10(12)13)7-6-8-4-2-1-3-5-8;/h1-5H,6-7H2,(H,12,13);/q;+1/p-1. The Kier molecular flexibility index (Phi) is 6.45. The van der Waals surface area contributed by atoms with Crippen LogP contribution in [0, 0.1) is 0 Å². The third-order valence-corrected chi connectivity index (χ3v) is 1.71. The fraction of sp³-hybridized carbons (Fsp3) is 0.200. The van der Waals surface area contributed by atoms with E-state index in [9.17, 15) is 14.7 Å². The van der Waals surface area contributed by atoms with Gasteiger partial charge in [0.25, 0.3) is 0 Å². The van der Waals surface area contributed by atoms with Crippen LogP contribution in [-0.4, -0.2) is 11.8 Å². The minimum Gasteiger partial charge on any atom is -0.542 e. The fourth-order valence-corrected chi connectivity index (χ4v) is 1.00. The number of carboxylic acids is 1. The van der Waals surface area contributed by atoms with Crippen molar-refractivity contribution in [1.29, 1.82) is 0 Å². The summed E-state index contributed by atoms with van der Waals surface area (Å²) in [6, 6.07) is 9.26. The van der Waals surface area contributed by atoms with E-state index in [1.807, 2.05) is 30.3 Å². The van der Waals surface area contributed by atoms with Crippen molar-refractivity contribution < 1.29 is 44.3 Å². The van der Waals surface area contributed by atoms with Gasteiger partial charge in [0.15, 0.2) is 5.78 Å². The molecule has 0 atom stereocenters. The fourth-order valence-electron chi connectivity index (χ4n) is 1.00. The maximum atomic E-state index is 10.7. The van der Waals surface area contributed by atoms with Gasteiger partial charge in [-0.2, -0.15) is 0 Å². The van der Waals surface area contributed by atoms with Crippen molar-refractivity contribution >= 4 is 11.8 Å². The van der Waals surface area contributed by atoms with Gasteiger partial charge >= 0.3 is 29.6 Å². The van der Waals surface area contributed by atoms with Crippen LogP contribution in [0.2, 0.25) is 0 Å². The van der Waals surface area contributed by atoms with Gasteiger partial charge in [-0.3, -0.25) is 4.79 Å². The van der Waals surface area contributed by atoms with Crippen LogP contribution in [0.1, 0.15) is 12.0 Å². The molecule has 3 nitrogen and oxygen atoms in total. The second kappa shape index (κ2) is 6.76. The average Bonchev–Trinajstić information content (AvgIpc) is 2.15. The van der Waals surface area contributed by atoms with Gasteiger partial charge in [-0.25, -0.2) is 0 Å². The van der Waals surface area contributed by atoms with Crippen molar-refractivity contribution in [2.75, 3.05) is 0 Å². The minimum atomic E-state index is -1.60. The summed E-state index contributed by atoms with van der Waals surface area (Å²) in [5, 5.41) is 10.1. The molecule has 0 radical (unpaired) electrons. The van der Waals surface area contributed by atoms with Crippen LogP contribution >= 0.6 is 0 Å². The quantitative estimate of drug-likeness (QED) is 0.383. The molecule has 0 unspecified atom stereocenters. The molecule has 0 heterocycles. The number of carbonyl (C=O) groups excluding carboxylic acids is 2. The van der Waals surface area contributed by atoms with Gasteiger partial charge in [-0.05, 0) is 12.0 Å². The molecule has 0 saturated heterocycles. The Morgan fingerprint density at radius 3 is 2.21 bits per heavy atom. The number of aryl methyl sites for hydroxylation is 1. The molecule has 0 aliphatic carbocycles. The predicted octanol–water partition coefficient (Wildman–Crippen LogP) is -3.06. The van der Waals surface area contributed by atoms with Gasteiger partial charge in [0.1, 0.15) is 5.97 Å². The Balaban J connectivity index is 0.00000169. The van der Waals surface area contributed by atoms with E-state index < -0.39 is 11.8 Å². The van der Waals surface area contributed by atoms with E-state index in [-0.39, 0.29) is 36.0 Å². The third-order valence-electron chi connectivity index (χ3n) is 1.71. The summed E-state index contributed by atoms with van der Waals surface area (Å²) >= 11 is 0. The van der Waals surface area contributed by atoms with E-state index in [0.717, 1.165) is 5.56 Å². The zero-order valence-electron chi connectivity index (χ0n) is 8.03. The number of carbonyl (C=O) groups is 2. The molecule has 1 rings (SSSR count). The summed E-state index contributed by atoms with van der Waals surface area (Å²) in [7, 11) is 0. The van der Waals surface area contributed by atoms with Crippen molar-refractivity contribution in [2.24, 2.45) is 0 Å². The average molecular weight is 200 g/mol. The van der Waals surface area contributed by atoms with Crippen LogP contribution in [-0.2, 0) is 16.0 Å². The van der Waals surface area contributed by atoms with Gasteiger partial charge in [-0.15, -0.1) is 0 Å². The van der Waals surface area contributed by atoms with Gasteiger partial charge < -0.3 is 9.90 Å². The van der Waals surface area contributed by atoms with Crippen molar-refractivity contribution in [3.63, 3.8) is 0 Å². The topological polar surface area (TPSA) is 57.2 Å². The monoisotopic (exact) mass is 200 g/mol. The molecule has 0 saturated carbocycles. The molecule has 68 valence electrons. The summed E-state index contributed by atoms with van der Waals surface area (Å²) in [6.07, 6.45) is 0.458. The van der Waals surface area contributed by atoms with Crippen LogP contribution in [0.15, 0.2) is 30.3 Å². The number of hydrogen-bond donors (Lipinski definition) is 0. The smallest absolute Gasteiger partial charge is 0.542 e. The molecule has 0 aliphatic heterocycles. The summed E-state index contributed by atoms with van der Waals surface area (Å²) in [5.41, 5.74) is 0.956. The van der Waals surface area contributed by atoms with Crippen LogP contribution in [0.5, 0.6) is 0 Å². The van der Waals surface area contributed by atoms with Crippen LogP contribution in [0.25, 0.3) is 0 Å². The number of carboxylic acid groups (broad SMARTS) is 1. The van der Waals surface area contributed by atoms with E-state index in [4.69, 9.17) is 0 Å². The molecule has 0 aliphatic rings. The molecule has 0 fully saturated rings. The van der Waals surface area contributed by atoms with Crippen molar-refractivity contribution in [3.05, 3.63) is 35.9 Å². The summed E-state index contributed by atoms with van der Waals surface area (Å²) in [5.74, 6) is -2.44. The number of hydrogen-bond acceptors (Lipinski definition) is 3. The first-order chi connectivity index (χ1) is 6.20. The normalized spacial score (nSPS) is 8.86. The van der Waals surface area contributed by atoms with Crippen LogP contribution in [0.3, 0.4) is 0 Å². The molecule has 14 heavy (non-hydrogen) atoms. The number of rotatable bonds is 4. The summed E-state index contributed by atoms with van der Waals surface area (Å²) in [6.45, 7) is 0. The molecule has 0 spiro atoms. The first kappa shape index (κ1) is 13.4. The molecular formula is C10H9NaO3. The molecule has 0 bridgehead atoms. The van der Waals surface area contributed by atoms with Crippen LogP contribution < -0.4 is 34.7 Å². The van der Waals surface area contributed by atoms with Gasteiger partial charge in [0, 0.05) is 6.42 Å². The minimum absolute atomic E-state index is 0. The largest absolute Gasteiger partial charge is 1.00 e. The number of ketones is 1. The molecule has 0 N–H and O–H groups in total. The second-order valence-electron chi connectivity index (χ2n) is 2.70. The molecule has 4 heteroatoms. The molecule has 0 amide bonds.